The molecule has 1 nitrogen and oxygen atoms in total. The van der Waals surface area contributed by atoms with Gasteiger partial charge in [0.2, 0.25) is 0 Å². The summed E-state index contributed by atoms with van der Waals surface area (Å²) in [6.45, 7) is 20.7. The zero-order valence-corrected chi connectivity index (χ0v) is 12.3. The van der Waals surface area contributed by atoms with E-state index in [9.17, 15) is 0 Å². The SMILES string of the molecule is C=C1CCC(C)(C)N(C(C)(C)C)C(C)(C)C1. The van der Waals surface area contributed by atoms with Gasteiger partial charge in [0.1, 0.15) is 0 Å². The molecule has 1 heteroatoms. The Bertz CT molecular complexity index is 278. The lowest BCUT2D eigenvalue weighted by atomic mass is 9.85. The number of hydrogen-bond acceptors (Lipinski definition) is 1. The molecule has 1 saturated heterocycles. The van der Waals surface area contributed by atoms with Gasteiger partial charge in [0.15, 0.2) is 0 Å². The molecule has 0 spiro atoms. The third-order valence-corrected chi connectivity index (χ3v) is 3.65. The van der Waals surface area contributed by atoms with Crippen molar-refractivity contribution in [1.82, 2.24) is 4.90 Å². The topological polar surface area (TPSA) is 3.24 Å². The minimum atomic E-state index is 0.204. The van der Waals surface area contributed by atoms with Crippen molar-refractivity contribution in [3.05, 3.63) is 12.2 Å². The first-order valence-electron chi connectivity index (χ1n) is 6.44. The highest BCUT2D eigenvalue weighted by molar-refractivity contribution is 5.11. The summed E-state index contributed by atoms with van der Waals surface area (Å²) in [6, 6.07) is 0. The summed E-state index contributed by atoms with van der Waals surface area (Å²) in [4.78, 5) is 2.69. The molecule has 0 aromatic carbocycles. The highest BCUT2D eigenvalue weighted by Gasteiger charge is 2.45. The summed E-state index contributed by atoms with van der Waals surface area (Å²) in [5, 5.41) is 0. The maximum Gasteiger partial charge on any atom is 0.0200 e. The van der Waals surface area contributed by atoms with Gasteiger partial charge >= 0.3 is 0 Å². The van der Waals surface area contributed by atoms with E-state index in [-0.39, 0.29) is 16.6 Å². The number of likely N-dealkylation sites (tertiary alicyclic amines) is 1. The zero-order chi connectivity index (χ0) is 12.8. The van der Waals surface area contributed by atoms with E-state index in [1.807, 2.05) is 0 Å². The van der Waals surface area contributed by atoms with Crippen LogP contribution in [0.5, 0.6) is 0 Å². The van der Waals surface area contributed by atoms with Crippen molar-refractivity contribution in [3.63, 3.8) is 0 Å². The lowest BCUT2D eigenvalue weighted by molar-refractivity contribution is -0.0532. The van der Waals surface area contributed by atoms with Gasteiger partial charge in [-0.25, -0.2) is 0 Å². The predicted molar refractivity (Wildman–Crippen MR) is 72.7 cm³/mol. The van der Waals surface area contributed by atoms with Crippen molar-refractivity contribution in [2.75, 3.05) is 0 Å². The van der Waals surface area contributed by atoms with Gasteiger partial charge < -0.3 is 0 Å². The molecule has 1 fully saturated rings. The predicted octanol–water partition coefficient (Wildman–Crippen LogP) is 4.38. The zero-order valence-electron chi connectivity index (χ0n) is 12.3. The third-order valence-electron chi connectivity index (χ3n) is 3.65. The van der Waals surface area contributed by atoms with Crippen LogP contribution in [0.25, 0.3) is 0 Å². The second kappa shape index (κ2) is 3.87. The molecule has 0 atom stereocenters. The molecule has 0 aromatic heterocycles. The van der Waals surface area contributed by atoms with Crippen molar-refractivity contribution in [3.8, 4) is 0 Å². The number of rotatable bonds is 0. The van der Waals surface area contributed by atoms with Gasteiger partial charge in [-0.05, 0) is 67.7 Å². The normalized spacial score (nSPS) is 26.6. The van der Waals surface area contributed by atoms with Crippen molar-refractivity contribution < 1.29 is 0 Å². The summed E-state index contributed by atoms with van der Waals surface area (Å²) in [7, 11) is 0. The average molecular weight is 223 g/mol. The van der Waals surface area contributed by atoms with E-state index < -0.39 is 0 Å². The molecule has 16 heavy (non-hydrogen) atoms. The molecule has 0 N–H and O–H groups in total. The summed E-state index contributed by atoms with van der Waals surface area (Å²) in [6.07, 6.45) is 3.50. The van der Waals surface area contributed by atoms with Crippen LogP contribution in [-0.2, 0) is 0 Å². The number of nitrogens with zero attached hydrogens (tertiary/aromatic N) is 1. The molecule has 0 saturated carbocycles. The van der Waals surface area contributed by atoms with Crippen molar-refractivity contribution >= 4 is 0 Å². The van der Waals surface area contributed by atoms with Gasteiger partial charge in [-0.2, -0.15) is 0 Å². The maximum absolute atomic E-state index is 4.23. The van der Waals surface area contributed by atoms with Gasteiger partial charge in [0.05, 0.1) is 0 Å². The molecular formula is C15H29N. The molecule has 0 bridgehead atoms. The van der Waals surface area contributed by atoms with Crippen LogP contribution in [0, 0.1) is 0 Å². The Morgan fingerprint density at radius 2 is 1.56 bits per heavy atom. The first kappa shape index (κ1) is 13.8. The Hall–Kier alpha value is -0.300. The fourth-order valence-corrected chi connectivity index (χ4v) is 4.01. The average Bonchev–Trinajstić information content (AvgIpc) is 2.01. The monoisotopic (exact) mass is 223 g/mol. The molecule has 1 heterocycles. The molecule has 1 aliphatic rings. The smallest absolute Gasteiger partial charge is 0.0200 e. The highest BCUT2D eigenvalue weighted by atomic mass is 15.3. The minimum Gasteiger partial charge on any atom is -0.288 e. The molecule has 1 aliphatic heterocycles. The van der Waals surface area contributed by atoms with Gasteiger partial charge in [0, 0.05) is 16.6 Å². The first-order chi connectivity index (χ1) is 6.97. The van der Waals surface area contributed by atoms with Crippen molar-refractivity contribution in [2.24, 2.45) is 0 Å². The second-order valence-electron chi connectivity index (χ2n) is 7.56. The van der Waals surface area contributed by atoms with E-state index in [0.29, 0.717) is 0 Å². The molecule has 1 rings (SSSR count). The molecule has 0 aliphatic carbocycles. The molecule has 0 amide bonds. The van der Waals surface area contributed by atoms with E-state index >= 15 is 0 Å². The van der Waals surface area contributed by atoms with Crippen LogP contribution in [0.2, 0.25) is 0 Å². The van der Waals surface area contributed by atoms with E-state index in [2.05, 4.69) is 59.9 Å². The van der Waals surface area contributed by atoms with Crippen molar-refractivity contribution in [1.29, 1.82) is 0 Å². The van der Waals surface area contributed by atoms with E-state index in [0.717, 1.165) is 6.42 Å². The largest absolute Gasteiger partial charge is 0.288 e. The lowest BCUT2D eigenvalue weighted by Gasteiger charge is -2.54. The van der Waals surface area contributed by atoms with Crippen LogP contribution in [0.4, 0.5) is 0 Å². The fourth-order valence-electron chi connectivity index (χ4n) is 4.01. The van der Waals surface area contributed by atoms with E-state index in [1.54, 1.807) is 0 Å². The van der Waals surface area contributed by atoms with Crippen LogP contribution in [0.3, 0.4) is 0 Å². The van der Waals surface area contributed by atoms with Crippen LogP contribution in [0.1, 0.15) is 67.7 Å². The van der Waals surface area contributed by atoms with Crippen LogP contribution >= 0.6 is 0 Å². The molecule has 0 unspecified atom stereocenters. The standard InChI is InChI=1S/C15H29N/c1-12-9-10-14(5,6)16(13(2,3)4)15(7,8)11-12/h1,9-11H2,2-8H3. The Balaban J connectivity index is 3.19. The Morgan fingerprint density at radius 3 is 2.00 bits per heavy atom. The second-order valence-corrected chi connectivity index (χ2v) is 7.56. The Labute approximate surface area is 102 Å². The summed E-state index contributed by atoms with van der Waals surface area (Å²) < 4.78 is 0. The van der Waals surface area contributed by atoms with Crippen molar-refractivity contribution in [2.45, 2.75) is 84.3 Å². The Morgan fingerprint density at radius 1 is 1.06 bits per heavy atom. The lowest BCUT2D eigenvalue weighted by Crippen LogP contribution is -2.62. The molecule has 94 valence electrons. The van der Waals surface area contributed by atoms with Gasteiger partial charge in [0.25, 0.3) is 0 Å². The first-order valence-corrected chi connectivity index (χ1v) is 6.44. The molecular weight excluding hydrogens is 194 g/mol. The Kier molecular flexibility index (Phi) is 3.33. The van der Waals surface area contributed by atoms with Crippen LogP contribution in [0.15, 0.2) is 12.2 Å². The van der Waals surface area contributed by atoms with Gasteiger partial charge in [-0.3, -0.25) is 4.90 Å². The molecule has 0 radical (unpaired) electrons. The fraction of sp³-hybridized carbons (Fsp3) is 0.867. The van der Waals surface area contributed by atoms with Crippen LogP contribution < -0.4 is 0 Å². The summed E-state index contributed by atoms with van der Waals surface area (Å²) in [5.41, 5.74) is 2.07. The molecule has 0 aromatic rings. The third kappa shape index (κ3) is 2.68. The minimum absolute atomic E-state index is 0.204. The number of hydrogen-bond donors (Lipinski definition) is 0. The quantitative estimate of drug-likeness (QED) is 0.551. The van der Waals surface area contributed by atoms with E-state index in [1.165, 1.54) is 18.4 Å². The van der Waals surface area contributed by atoms with Gasteiger partial charge in [-0.1, -0.05) is 12.2 Å². The van der Waals surface area contributed by atoms with Gasteiger partial charge in [-0.15, -0.1) is 0 Å². The highest BCUT2D eigenvalue weighted by Crippen LogP contribution is 2.42. The summed E-state index contributed by atoms with van der Waals surface area (Å²) in [5.74, 6) is 0. The van der Waals surface area contributed by atoms with Crippen LogP contribution in [-0.4, -0.2) is 21.5 Å². The maximum atomic E-state index is 4.23. The summed E-state index contributed by atoms with van der Waals surface area (Å²) >= 11 is 0. The van der Waals surface area contributed by atoms with E-state index in [4.69, 9.17) is 0 Å².